The number of aliphatic hydroxyl groups is 2. The molecule has 1 aromatic rings. The van der Waals surface area contributed by atoms with E-state index in [2.05, 4.69) is 10.3 Å². The van der Waals surface area contributed by atoms with Crippen molar-refractivity contribution < 1.29 is 15.0 Å². The summed E-state index contributed by atoms with van der Waals surface area (Å²) in [7, 11) is 0. The Morgan fingerprint density at radius 2 is 1.46 bits per heavy atom. The smallest absolute Gasteiger partial charge is 0.322 e. The first-order valence-corrected chi connectivity index (χ1v) is 8.89. The molecule has 2 fully saturated rings. The molecule has 0 bridgehead atoms. The third-order valence-corrected chi connectivity index (χ3v) is 5.26. The van der Waals surface area contributed by atoms with Crippen molar-refractivity contribution in [1.29, 1.82) is 0 Å². The molecule has 0 aromatic carbocycles. The van der Waals surface area contributed by atoms with Gasteiger partial charge in [0.1, 0.15) is 0 Å². The lowest BCUT2D eigenvalue weighted by atomic mass is 9.98. The lowest BCUT2D eigenvalue weighted by Gasteiger charge is -2.36. The van der Waals surface area contributed by atoms with Crippen LogP contribution in [-0.4, -0.2) is 50.4 Å². The minimum atomic E-state index is -0.829. The van der Waals surface area contributed by atoms with Crippen molar-refractivity contribution in [2.24, 2.45) is 0 Å². The Morgan fingerprint density at radius 3 is 1.92 bits per heavy atom. The van der Waals surface area contributed by atoms with Gasteiger partial charge in [-0.05, 0) is 37.8 Å². The van der Waals surface area contributed by atoms with Gasteiger partial charge in [0.2, 0.25) is 0 Å². The van der Waals surface area contributed by atoms with Gasteiger partial charge in [-0.1, -0.05) is 25.7 Å². The fourth-order valence-corrected chi connectivity index (χ4v) is 3.93. The fourth-order valence-electron chi connectivity index (χ4n) is 3.93. The van der Waals surface area contributed by atoms with Crippen molar-refractivity contribution in [3.8, 4) is 0 Å². The highest BCUT2D eigenvalue weighted by Gasteiger charge is 2.39. The van der Waals surface area contributed by atoms with Crippen molar-refractivity contribution in [2.75, 3.05) is 18.4 Å². The van der Waals surface area contributed by atoms with Crippen molar-refractivity contribution in [3.63, 3.8) is 0 Å². The molecule has 24 heavy (non-hydrogen) atoms. The summed E-state index contributed by atoms with van der Waals surface area (Å²) in [6.07, 6.45) is 10.0. The number of anilines is 1. The highest BCUT2D eigenvalue weighted by Crippen LogP contribution is 2.34. The molecule has 0 atom stereocenters. The van der Waals surface area contributed by atoms with E-state index in [-0.39, 0.29) is 19.1 Å². The fraction of sp³-hybridized carbons (Fsp3) is 0.667. The SMILES string of the molecule is O=C(Nc1ccncc1)N(CC1(O)CCCC1)CC1(O)CCCC1. The number of nitrogens with one attached hydrogen (secondary N) is 1. The molecule has 0 aliphatic heterocycles. The van der Waals surface area contributed by atoms with Crippen molar-refractivity contribution >= 4 is 11.7 Å². The van der Waals surface area contributed by atoms with E-state index in [1.807, 2.05) is 0 Å². The molecular formula is C18H27N3O3. The van der Waals surface area contributed by atoms with Crippen molar-refractivity contribution in [2.45, 2.75) is 62.6 Å². The lowest BCUT2D eigenvalue weighted by molar-refractivity contribution is -0.0173. The lowest BCUT2D eigenvalue weighted by Crippen LogP contribution is -2.51. The molecule has 2 amide bonds. The molecule has 132 valence electrons. The van der Waals surface area contributed by atoms with Gasteiger partial charge >= 0.3 is 6.03 Å². The third-order valence-electron chi connectivity index (χ3n) is 5.26. The molecule has 2 saturated carbocycles. The van der Waals surface area contributed by atoms with Crippen molar-refractivity contribution in [3.05, 3.63) is 24.5 Å². The van der Waals surface area contributed by atoms with Gasteiger partial charge in [-0.2, -0.15) is 0 Å². The first kappa shape index (κ1) is 17.2. The maximum Gasteiger partial charge on any atom is 0.322 e. The van der Waals surface area contributed by atoms with Gasteiger partial charge in [0.15, 0.2) is 0 Å². The Morgan fingerprint density at radius 1 is 1.00 bits per heavy atom. The van der Waals surface area contributed by atoms with E-state index in [0.29, 0.717) is 31.4 Å². The van der Waals surface area contributed by atoms with Crippen molar-refractivity contribution in [1.82, 2.24) is 9.88 Å². The molecule has 0 spiro atoms. The van der Waals surface area contributed by atoms with Crippen LogP contribution in [-0.2, 0) is 0 Å². The summed E-state index contributed by atoms with van der Waals surface area (Å²) >= 11 is 0. The number of hydrogen-bond acceptors (Lipinski definition) is 4. The van der Waals surface area contributed by atoms with Crippen LogP contribution in [0, 0.1) is 0 Å². The Bertz CT molecular complexity index is 528. The van der Waals surface area contributed by atoms with E-state index >= 15 is 0 Å². The average molecular weight is 333 g/mol. The van der Waals surface area contributed by atoms with Gasteiger partial charge < -0.3 is 20.4 Å². The number of urea groups is 1. The highest BCUT2D eigenvalue weighted by molar-refractivity contribution is 5.89. The standard InChI is InChI=1S/C18H27N3O3/c22-16(20-15-5-11-19-12-6-15)21(13-17(23)7-1-2-8-17)14-18(24)9-3-4-10-18/h5-6,11-12,23-24H,1-4,7-10,13-14H2,(H,19,20,22). The number of hydrogen-bond donors (Lipinski definition) is 3. The molecule has 3 rings (SSSR count). The predicted octanol–water partition coefficient (Wildman–Crippen LogP) is 2.53. The first-order chi connectivity index (χ1) is 11.5. The summed E-state index contributed by atoms with van der Waals surface area (Å²) < 4.78 is 0. The minimum absolute atomic E-state index is 0.270. The van der Waals surface area contributed by atoms with Gasteiger partial charge in [-0.15, -0.1) is 0 Å². The number of carbonyl (C=O) groups is 1. The van der Waals surface area contributed by atoms with Crippen LogP contribution in [0.2, 0.25) is 0 Å². The first-order valence-electron chi connectivity index (χ1n) is 8.89. The zero-order valence-electron chi connectivity index (χ0n) is 14.1. The predicted molar refractivity (Wildman–Crippen MR) is 91.7 cm³/mol. The monoisotopic (exact) mass is 333 g/mol. The molecule has 0 unspecified atom stereocenters. The van der Waals surface area contributed by atoms with Gasteiger partial charge in [0.25, 0.3) is 0 Å². The molecule has 0 saturated heterocycles. The maximum atomic E-state index is 12.7. The number of rotatable bonds is 5. The summed E-state index contributed by atoms with van der Waals surface area (Å²) in [4.78, 5) is 18.3. The molecule has 1 heterocycles. The molecule has 2 aliphatic rings. The molecular weight excluding hydrogens is 306 g/mol. The second kappa shape index (κ2) is 7.07. The van der Waals surface area contributed by atoms with E-state index in [1.165, 1.54) is 0 Å². The van der Waals surface area contributed by atoms with Crippen LogP contribution in [0.25, 0.3) is 0 Å². The molecule has 1 aromatic heterocycles. The Kier molecular flexibility index (Phi) is 5.06. The summed E-state index contributed by atoms with van der Waals surface area (Å²) in [6, 6.07) is 3.18. The molecule has 0 radical (unpaired) electrons. The van der Waals surface area contributed by atoms with Gasteiger partial charge in [-0.3, -0.25) is 4.98 Å². The second-order valence-electron chi connectivity index (χ2n) is 7.39. The van der Waals surface area contributed by atoms with Crippen LogP contribution in [0.5, 0.6) is 0 Å². The number of nitrogens with zero attached hydrogens (tertiary/aromatic N) is 2. The van der Waals surface area contributed by atoms with E-state index in [9.17, 15) is 15.0 Å². The van der Waals surface area contributed by atoms with E-state index in [4.69, 9.17) is 0 Å². The van der Waals surface area contributed by atoms with Crippen LogP contribution in [0.3, 0.4) is 0 Å². The summed E-state index contributed by atoms with van der Waals surface area (Å²) in [5.41, 5.74) is -0.994. The van der Waals surface area contributed by atoms with Crippen LogP contribution < -0.4 is 5.32 Å². The molecule has 2 aliphatic carbocycles. The van der Waals surface area contributed by atoms with Crippen LogP contribution in [0.15, 0.2) is 24.5 Å². The topological polar surface area (TPSA) is 85.7 Å². The highest BCUT2D eigenvalue weighted by atomic mass is 16.3. The Balaban J connectivity index is 1.71. The normalized spacial score (nSPS) is 21.6. The van der Waals surface area contributed by atoms with Gasteiger partial charge in [-0.25, -0.2) is 4.79 Å². The van der Waals surface area contributed by atoms with Crippen LogP contribution >= 0.6 is 0 Å². The molecule has 6 heteroatoms. The Hall–Kier alpha value is -1.66. The zero-order valence-corrected chi connectivity index (χ0v) is 14.1. The summed E-state index contributed by atoms with van der Waals surface area (Å²) in [6.45, 7) is 0.540. The second-order valence-corrected chi connectivity index (χ2v) is 7.39. The van der Waals surface area contributed by atoms with E-state index in [0.717, 1.165) is 25.7 Å². The molecule has 3 N–H and O–H groups in total. The minimum Gasteiger partial charge on any atom is -0.388 e. The van der Waals surface area contributed by atoms with Gasteiger partial charge in [0, 0.05) is 18.1 Å². The van der Waals surface area contributed by atoms with Gasteiger partial charge in [0.05, 0.1) is 24.3 Å². The quantitative estimate of drug-likeness (QED) is 0.773. The van der Waals surface area contributed by atoms with E-state index < -0.39 is 11.2 Å². The third kappa shape index (κ3) is 4.24. The largest absolute Gasteiger partial charge is 0.388 e. The van der Waals surface area contributed by atoms with Crippen LogP contribution in [0.1, 0.15) is 51.4 Å². The average Bonchev–Trinajstić information content (AvgIpc) is 3.17. The van der Waals surface area contributed by atoms with Crippen LogP contribution in [0.4, 0.5) is 10.5 Å². The molecule has 6 nitrogen and oxygen atoms in total. The Labute approximate surface area is 142 Å². The number of carbonyl (C=O) groups excluding carboxylic acids is 1. The van der Waals surface area contributed by atoms with E-state index in [1.54, 1.807) is 29.4 Å². The zero-order chi connectivity index (χ0) is 17.0. The summed E-state index contributed by atoms with van der Waals surface area (Å²) in [5.74, 6) is 0. The maximum absolute atomic E-state index is 12.7. The number of pyridine rings is 1. The number of aromatic nitrogens is 1. The number of amides is 2. The summed E-state index contributed by atoms with van der Waals surface area (Å²) in [5, 5.41) is 24.3.